The van der Waals surface area contributed by atoms with Crippen molar-refractivity contribution < 1.29 is 17.6 Å². The summed E-state index contributed by atoms with van der Waals surface area (Å²) in [6, 6.07) is 5.56. The van der Waals surface area contributed by atoms with E-state index in [0.29, 0.717) is 12.2 Å². The van der Waals surface area contributed by atoms with E-state index >= 15 is 0 Å². The van der Waals surface area contributed by atoms with Crippen molar-refractivity contribution in [1.82, 2.24) is 0 Å². The molecule has 2 rings (SSSR count). The highest BCUT2D eigenvalue weighted by Gasteiger charge is 2.31. The lowest BCUT2D eigenvalue weighted by atomic mass is 9.78. The molecular formula is C14H14F3NO. The van der Waals surface area contributed by atoms with Crippen LogP contribution in [0.5, 0.6) is 0 Å². The molecule has 1 atom stereocenters. The zero-order valence-electron chi connectivity index (χ0n) is 10.4. The molecular weight excluding hydrogens is 255 g/mol. The fraction of sp³-hybridized carbons (Fsp3) is 0.286. The van der Waals surface area contributed by atoms with Crippen molar-refractivity contribution in [2.75, 3.05) is 6.54 Å². The quantitative estimate of drug-likeness (QED) is 0.866. The van der Waals surface area contributed by atoms with Gasteiger partial charge in [0.05, 0.1) is 6.26 Å². The zero-order valence-corrected chi connectivity index (χ0v) is 10.4. The molecule has 102 valence electrons. The van der Waals surface area contributed by atoms with Crippen LogP contribution in [-0.2, 0) is 11.8 Å². The van der Waals surface area contributed by atoms with Crippen molar-refractivity contribution in [3.8, 4) is 0 Å². The first-order chi connectivity index (χ1) is 8.98. The van der Waals surface area contributed by atoms with Crippen molar-refractivity contribution in [2.45, 2.75) is 18.8 Å². The Morgan fingerprint density at radius 1 is 1.16 bits per heavy atom. The van der Waals surface area contributed by atoms with Gasteiger partial charge in [-0.2, -0.15) is 0 Å². The van der Waals surface area contributed by atoms with E-state index in [1.807, 2.05) is 0 Å². The molecule has 0 aliphatic heterocycles. The van der Waals surface area contributed by atoms with Crippen LogP contribution in [0.4, 0.5) is 13.2 Å². The second-order valence-corrected chi connectivity index (χ2v) is 4.74. The molecule has 1 unspecified atom stereocenters. The molecule has 0 amide bonds. The molecule has 0 bridgehead atoms. The summed E-state index contributed by atoms with van der Waals surface area (Å²) in [6.07, 6.45) is 1.80. The second kappa shape index (κ2) is 5.09. The van der Waals surface area contributed by atoms with Gasteiger partial charge in [-0.15, -0.1) is 0 Å². The van der Waals surface area contributed by atoms with Crippen LogP contribution in [0.3, 0.4) is 0 Å². The van der Waals surface area contributed by atoms with Gasteiger partial charge in [-0.05, 0) is 23.8 Å². The molecule has 5 heteroatoms. The molecule has 0 fully saturated rings. The summed E-state index contributed by atoms with van der Waals surface area (Å²) < 4.78 is 45.4. The van der Waals surface area contributed by atoms with Crippen LogP contribution in [0.1, 0.15) is 18.2 Å². The van der Waals surface area contributed by atoms with Crippen molar-refractivity contribution in [3.63, 3.8) is 0 Å². The summed E-state index contributed by atoms with van der Waals surface area (Å²) in [4.78, 5) is 0. The molecule has 0 radical (unpaired) electrons. The second-order valence-electron chi connectivity index (χ2n) is 4.74. The van der Waals surface area contributed by atoms with Crippen LogP contribution in [0.2, 0.25) is 0 Å². The zero-order chi connectivity index (χ0) is 14.0. The summed E-state index contributed by atoms with van der Waals surface area (Å²) in [5.41, 5.74) is 4.87. The van der Waals surface area contributed by atoms with E-state index in [1.165, 1.54) is 12.3 Å². The van der Waals surface area contributed by atoms with Gasteiger partial charge in [0.1, 0.15) is 5.76 Å². The molecule has 1 aromatic carbocycles. The smallest absolute Gasteiger partial charge is 0.194 e. The number of rotatable bonds is 4. The molecule has 0 aliphatic carbocycles. The van der Waals surface area contributed by atoms with Gasteiger partial charge >= 0.3 is 0 Å². The molecule has 2 nitrogen and oxygen atoms in total. The molecule has 19 heavy (non-hydrogen) atoms. The fourth-order valence-corrected chi connectivity index (χ4v) is 2.07. The molecule has 0 aliphatic rings. The average molecular weight is 269 g/mol. The molecule has 2 N–H and O–H groups in total. The lowest BCUT2D eigenvalue weighted by molar-refractivity contribution is 0.378. The third-order valence-electron chi connectivity index (χ3n) is 3.28. The highest BCUT2D eigenvalue weighted by molar-refractivity contribution is 5.30. The van der Waals surface area contributed by atoms with Crippen molar-refractivity contribution in [1.29, 1.82) is 0 Å². The summed E-state index contributed by atoms with van der Waals surface area (Å²) in [5.74, 6) is -3.27. The van der Waals surface area contributed by atoms with Gasteiger partial charge in [0.25, 0.3) is 0 Å². The summed E-state index contributed by atoms with van der Waals surface area (Å²) in [5, 5.41) is 0. The van der Waals surface area contributed by atoms with Crippen LogP contribution in [-0.4, -0.2) is 6.54 Å². The van der Waals surface area contributed by atoms with Gasteiger partial charge in [0.15, 0.2) is 17.5 Å². The van der Waals surface area contributed by atoms with Crippen LogP contribution in [0.15, 0.2) is 34.9 Å². The van der Waals surface area contributed by atoms with Crippen molar-refractivity contribution >= 4 is 0 Å². The first-order valence-electron chi connectivity index (χ1n) is 5.84. The SMILES string of the molecule is CC(CN)(Cc1ccco1)c1ccc(F)c(F)c1F. The summed E-state index contributed by atoms with van der Waals surface area (Å²) in [6.45, 7) is 1.76. The van der Waals surface area contributed by atoms with Gasteiger partial charge in [-0.3, -0.25) is 0 Å². The fourth-order valence-electron chi connectivity index (χ4n) is 2.07. The topological polar surface area (TPSA) is 39.2 Å². The minimum absolute atomic E-state index is 0.0466. The predicted molar refractivity (Wildman–Crippen MR) is 65.1 cm³/mol. The number of nitrogens with two attached hydrogens (primary N) is 1. The van der Waals surface area contributed by atoms with E-state index in [0.717, 1.165) is 6.07 Å². The van der Waals surface area contributed by atoms with Gasteiger partial charge < -0.3 is 10.2 Å². The van der Waals surface area contributed by atoms with Crippen molar-refractivity contribution in [3.05, 3.63) is 59.3 Å². The molecule has 0 saturated heterocycles. The van der Waals surface area contributed by atoms with Gasteiger partial charge in [0, 0.05) is 18.4 Å². The maximum Gasteiger partial charge on any atom is 0.194 e. The first kappa shape index (κ1) is 13.7. The highest BCUT2D eigenvalue weighted by atomic mass is 19.2. The third kappa shape index (κ3) is 2.51. The van der Waals surface area contributed by atoms with Crippen LogP contribution < -0.4 is 5.73 Å². The van der Waals surface area contributed by atoms with Crippen LogP contribution >= 0.6 is 0 Å². The molecule has 0 spiro atoms. The van der Waals surface area contributed by atoms with E-state index in [2.05, 4.69) is 0 Å². The minimum atomic E-state index is -1.48. The van der Waals surface area contributed by atoms with Gasteiger partial charge in [-0.1, -0.05) is 13.0 Å². The van der Waals surface area contributed by atoms with Gasteiger partial charge in [0.2, 0.25) is 0 Å². The molecule has 0 saturated carbocycles. The maximum atomic E-state index is 13.9. The molecule has 1 heterocycles. The largest absolute Gasteiger partial charge is 0.469 e. The Balaban J connectivity index is 2.44. The Labute approximate surface area is 109 Å². The van der Waals surface area contributed by atoms with Gasteiger partial charge in [-0.25, -0.2) is 13.2 Å². The van der Waals surface area contributed by atoms with Crippen LogP contribution in [0, 0.1) is 17.5 Å². The lowest BCUT2D eigenvalue weighted by Crippen LogP contribution is -2.35. The Bertz CT molecular complexity index is 568. The monoisotopic (exact) mass is 269 g/mol. The minimum Gasteiger partial charge on any atom is -0.469 e. The lowest BCUT2D eigenvalue weighted by Gasteiger charge is -2.28. The Morgan fingerprint density at radius 3 is 2.47 bits per heavy atom. The predicted octanol–water partition coefficient (Wildman–Crippen LogP) is 3.16. The Morgan fingerprint density at radius 2 is 1.89 bits per heavy atom. The van der Waals surface area contributed by atoms with Crippen molar-refractivity contribution in [2.24, 2.45) is 5.73 Å². The van der Waals surface area contributed by atoms with E-state index in [-0.39, 0.29) is 12.1 Å². The van der Waals surface area contributed by atoms with E-state index in [9.17, 15) is 13.2 Å². The van der Waals surface area contributed by atoms with E-state index < -0.39 is 22.9 Å². The number of halogens is 3. The number of furan rings is 1. The highest BCUT2D eigenvalue weighted by Crippen LogP contribution is 2.31. The summed E-state index contributed by atoms with van der Waals surface area (Å²) in [7, 11) is 0. The normalized spacial score (nSPS) is 14.4. The Hall–Kier alpha value is -1.75. The van der Waals surface area contributed by atoms with E-state index in [1.54, 1.807) is 19.1 Å². The number of benzene rings is 1. The Kier molecular flexibility index (Phi) is 3.66. The molecule has 1 aromatic heterocycles. The third-order valence-corrected chi connectivity index (χ3v) is 3.28. The standard InChI is InChI=1S/C14H14F3NO/c1-14(8-18,7-9-3-2-6-19-9)10-4-5-11(15)13(17)12(10)16/h2-6H,7-8,18H2,1H3. The first-order valence-corrected chi connectivity index (χ1v) is 5.84. The summed E-state index contributed by atoms with van der Waals surface area (Å²) >= 11 is 0. The molecule has 2 aromatic rings. The van der Waals surface area contributed by atoms with Crippen LogP contribution in [0.25, 0.3) is 0 Å². The van der Waals surface area contributed by atoms with E-state index in [4.69, 9.17) is 10.2 Å². The number of hydrogen-bond donors (Lipinski definition) is 1. The average Bonchev–Trinajstić information content (AvgIpc) is 2.88. The number of hydrogen-bond acceptors (Lipinski definition) is 2. The maximum absolute atomic E-state index is 13.9.